The standard InChI is InChI=1S/C21H26N2O/c1-17-6-5-9-20(14-17)16-22-21(24)23-12-10-19(11-13-23)15-18-7-3-2-4-8-18/h2-9,14,19H,10-13,15-16H2,1H3,(H,22,24). The largest absolute Gasteiger partial charge is 0.334 e. The van der Waals surface area contributed by atoms with Gasteiger partial charge in [-0.25, -0.2) is 4.79 Å². The van der Waals surface area contributed by atoms with Crippen LogP contribution in [0.5, 0.6) is 0 Å². The number of nitrogens with zero attached hydrogens (tertiary/aromatic N) is 1. The van der Waals surface area contributed by atoms with Crippen molar-refractivity contribution in [2.75, 3.05) is 13.1 Å². The van der Waals surface area contributed by atoms with E-state index in [1.54, 1.807) is 0 Å². The molecule has 1 N–H and O–H groups in total. The van der Waals surface area contributed by atoms with Gasteiger partial charge in [0.05, 0.1) is 0 Å². The van der Waals surface area contributed by atoms with Gasteiger partial charge in [0, 0.05) is 19.6 Å². The highest BCUT2D eigenvalue weighted by Crippen LogP contribution is 2.21. The summed E-state index contributed by atoms with van der Waals surface area (Å²) < 4.78 is 0. The maximum absolute atomic E-state index is 12.3. The number of amides is 2. The minimum Gasteiger partial charge on any atom is -0.334 e. The summed E-state index contributed by atoms with van der Waals surface area (Å²) in [5, 5.41) is 3.05. The Morgan fingerprint density at radius 2 is 1.75 bits per heavy atom. The van der Waals surface area contributed by atoms with E-state index in [4.69, 9.17) is 0 Å². The molecule has 3 nitrogen and oxygen atoms in total. The monoisotopic (exact) mass is 322 g/mol. The fourth-order valence-electron chi connectivity index (χ4n) is 3.40. The van der Waals surface area contributed by atoms with Crippen LogP contribution in [0.15, 0.2) is 54.6 Å². The van der Waals surface area contributed by atoms with E-state index in [9.17, 15) is 4.79 Å². The number of urea groups is 1. The third-order valence-corrected chi connectivity index (χ3v) is 4.80. The summed E-state index contributed by atoms with van der Waals surface area (Å²) in [5.74, 6) is 0.688. The predicted octanol–water partition coefficient (Wildman–Crippen LogP) is 4.16. The molecule has 24 heavy (non-hydrogen) atoms. The summed E-state index contributed by atoms with van der Waals surface area (Å²) >= 11 is 0. The molecule has 0 atom stereocenters. The Hall–Kier alpha value is -2.29. The molecule has 1 heterocycles. The van der Waals surface area contributed by atoms with E-state index in [0.29, 0.717) is 12.5 Å². The van der Waals surface area contributed by atoms with Crippen molar-refractivity contribution in [2.45, 2.75) is 32.7 Å². The van der Waals surface area contributed by atoms with Crippen LogP contribution in [0.3, 0.4) is 0 Å². The molecule has 1 fully saturated rings. The molecular formula is C21H26N2O. The highest BCUT2D eigenvalue weighted by molar-refractivity contribution is 5.74. The molecule has 2 aromatic rings. The average Bonchev–Trinajstić information content (AvgIpc) is 2.61. The van der Waals surface area contributed by atoms with Crippen molar-refractivity contribution in [1.29, 1.82) is 0 Å². The van der Waals surface area contributed by atoms with Crippen molar-refractivity contribution in [3.8, 4) is 0 Å². The van der Waals surface area contributed by atoms with Gasteiger partial charge in [0.1, 0.15) is 0 Å². The number of hydrogen-bond donors (Lipinski definition) is 1. The Bertz CT molecular complexity index is 661. The van der Waals surface area contributed by atoms with Crippen molar-refractivity contribution in [3.05, 3.63) is 71.3 Å². The zero-order valence-electron chi connectivity index (χ0n) is 14.4. The molecule has 1 saturated heterocycles. The lowest BCUT2D eigenvalue weighted by Crippen LogP contribution is -2.44. The van der Waals surface area contributed by atoms with Crippen LogP contribution in [0, 0.1) is 12.8 Å². The van der Waals surface area contributed by atoms with Crippen LogP contribution in [-0.4, -0.2) is 24.0 Å². The van der Waals surface area contributed by atoms with E-state index < -0.39 is 0 Å². The van der Waals surface area contributed by atoms with E-state index >= 15 is 0 Å². The van der Waals surface area contributed by atoms with Gasteiger partial charge < -0.3 is 10.2 Å². The molecule has 1 aliphatic heterocycles. The van der Waals surface area contributed by atoms with Crippen LogP contribution < -0.4 is 5.32 Å². The molecule has 0 aliphatic carbocycles. The van der Waals surface area contributed by atoms with E-state index in [0.717, 1.165) is 37.9 Å². The van der Waals surface area contributed by atoms with Gasteiger partial charge in [-0.3, -0.25) is 0 Å². The SMILES string of the molecule is Cc1cccc(CNC(=O)N2CCC(Cc3ccccc3)CC2)c1. The molecule has 0 aromatic heterocycles. The third kappa shape index (κ3) is 4.60. The third-order valence-electron chi connectivity index (χ3n) is 4.80. The van der Waals surface area contributed by atoms with Crippen LogP contribution in [0.4, 0.5) is 4.79 Å². The van der Waals surface area contributed by atoms with E-state index in [2.05, 4.69) is 60.8 Å². The van der Waals surface area contributed by atoms with Crippen molar-refractivity contribution >= 4 is 6.03 Å². The smallest absolute Gasteiger partial charge is 0.317 e. The lowest BCUT2D eigenvalue weighted by atomic mass is 9.90. The predicted molar refractivity (Wildman–Crippen MR) is 97.9 cm³/mol. The number of hydrogen-bond acceptors (Lipinski definition) is 1. The average molecular weight is 322 g/mol. The number of likely N-dealkylation sites (tertiary alicyclic amines) is 1. The number of carbonyl (C=O) groups is 1. The van der Waals surface area contributed by atoms with Gasteiger partial charge >= 0.3 is 6.03 Å². The van der Waals surface area contributed by atoms with Gasteiger partial charge in [-0.2, -0.15) is 0 Å². The number of aryl methyl sites for hydroxylation is 1. The van der Waals surface area contributed by atoms with Crippen molar-refractivity contribution in [3.63, 3.8) is 0 Å². The van der Waals surface area contributed by atoms with Crippen LogP contribution in [0.1, 0.15) is 29.5 Å². The topological polar surface area (TPSA) is 32.3 Å². The Morgan fingerprint density at radius 3 is 2.46 bits per heavy atom. The van der Waals surface area contributed by atoms with Gasteiger partial charge in [0.2, 0.25) is 0 Å². The highest BCUT2D eigenvalue weighted by Gasteiger charge is 2.22. The molecule has 0 radical (unpaired) electrons. The van der Waals surface area contributed by atoms with Crippen molar-refractivity contribution in [2.24, 2.45) is 5.92 Å². The summed E-state index contributed by atoms with van der Waals surface area (Å²) in [6.45, 7) is 4.39. The Kier molecular flexibility index (Phi) is 5.52. The maximum atomic E-state index is 12.3. The van der Waals surface area contributed by atoms with Gasteiger partial charge in [-0.15, -0.1) is 0 Å². The lowest BCUT2D eigenvalue weighted by Gasteiger charge is -2.32. The fraction of sp³-hybridized carbons (Fsp3) is 0.381. The second kappa shape index (κ2) is 8.00. The van der Waals surface area contributed by atoms with Gasteiger partial charge in [-0.05, 0) is 43.2 Å². The minimum atomic E-state index is 0.0645. The van der Waals surface area contributed by atoms with Gasteiger partial charge in [0.25, 0.3) is 0 Å². The first kappa shape index (κ1) is 16.6. The second-order valence-electron chi connectivity index (χ2n) is 6.77. The van der Waals surface area contributed by atoms with Crippen LogP contribution in [0.2, 0.25) is 0 Å². The van der Waals surface area contributed by atoms with Crippen LogP contribution in [0.25, 0.3) is 0 Å². The molecule has 0 spiro atoms. The number of piperidine rings is 1. The minimum absolute atomic E-state index is 0.0645. The van der Waals surface area contributed by atoms with Crippen molar-refractivity contribution in [1.82, 2.24) is 10.2 Å². The van der Waals surface area contributed by atoms with Crippen LogP contribution >= 0.6 is 0 Å². The molecule has 0 unspecified atom stereocenters. The van der Waals surface area contributed by atoms with E-state index in [-0.39, 0.29) is 6.03 Å². The normalized spacial score (nSPS) is 15.3. The molecule has 3 heteroatoms. The number of rotatable bonds is 4. The molecular weight excluding hydrogens is 296 g/mol. The van der Waals surface area contributed by atoms with E-state index in [1.807, 2.05) is 11.0 Å². The maximum Gasteiger partial charge on any atom is 0.317 e. The molecule has 1 aliphatic rings. The summed E-state index contributed by atoms with van der Waals surface area (Å²) in [6.07, 6.45) is 3.30. The molecule has 2 aromatic carbocycles. The molecule has 126 valence electrons. The molecule has 2 amide bonds. The molecule has 0 bridgehead atoms. The Balaban J connectivity index is 1.43. The summed E-state index contributed by atoms with van der Waals surface area (Å²) in [6, 6.07) is 19.0. The number of nitrogens with one attached hydrogen (secondary N) is 1. The first-order valence-electron chi connectivity index (χ1n) is 8.83. The second-order valence-corrected chi connectivity index (χ2v) is 6.77. The van der Waals surface area contributed by atoms with Gasteiger partial charge in [-0.1, -0.05) is 60.2 Å². The van der Waals surface area contributed by atoms with Gasteiger partial charge in [0.15, 0.2) is 0 Å². The Labute approximate surface area is 144 Å². The van der Waals surface area contributed by atoms with E-state index in [1.165, 1.54) is 11.1 Å². The van der Waals surface area contributed by atoms with Crippen molar-refractivity contribution < 1.29 is 4.79 Å². The first-order valence-corrected chi connectivity index (χ1v) is 8.83. The zero-order valence-corrected chi connectivity index (χ0v) is 14.4. The fourth-order valence-corrected chi connectivity index (χ4v) is 3.40. The Morgan fingerprint density at radius 1 is 1.04 bits per heavy atom. The molecule has 3 rings (SSSR count). The summed E-state index contributed by atoms with van der Waals surface area (Å²) in [5.41, 5.74) is 3.78. The van der Waals surface area contributed by atoms with Crippen LogP contribution in [-0.2, 0) is 13.0 Å². The zero-order chi connectivity index (χ0) is 16.8. The first-order chi connectivity index (χ1) is 11.7. The summed E-state index contributed by atoms with van der Waals surface area (Å²) in [7, 11) is 0. The quantitative estimate of drug-likeness (QED) is 0.900. The number of carbonyl (C=O) groups excluding carboxylic acids is 1. The highest BCUT2D eigenvalue weighted by atomic mass is 16.2. The lowest BCUT2D eigenvalue weighted by molar-refractivity contribution is 0.170. The number of benzene rings is 2. The summed E-state index contributed by atoms with van der Waals surface area (Å²) in [4.78, 5) is 14.3. The molecule has 0 saturated carbocycles.